The van der Waals surface area contributed by atoms with Crippen LogP contribution in [-0.4, -0.2) is 34.8 Å². The van der Waals surface area contributed by atoms with Crippen LogP contribution >= 0.6 is 0 Å². The summed E-state index contributed by atoms with van der Waals surface area (Å²) >= 11 is 0. The molecular formula is C57H46F12O7. The van der Waals surface area contributed by atoms with Crippen molar-refractivity contribution >= 4 is 23.1 Å². The van der Waals surface area contributed by atoms with Gasteiger partial charge in [0.1, 0.15) is 31.3 Å². The second kappa shape index (κ2) is 22.9. The highest BCUT2D eigenvalue weighted by Gasteiger charge is 2.39. The Balaban J connectivity index is 0.000000221. The van der Waals surface area contributed by atoms with Crippen LogP contribution in [0.25, 0.3) is 0 Å². The Labute approximate surface area is 427 Å². The fourth-order valence-electron chi connectivity index (χ4n) is 9.01. The van der Waals surface area contributed by atoms with Crippen molar-refractivity contribution in [2.24, 2.45) is 11.8 Å². The van der Waals surface area contributed by atoms with E-state index in [0.717, 1.165) is 11.1 Å². The maximum Gasteiger partial charge on any atom is 0.416 e. The molecule has 0 radical (unpaired) electrons. The SMILES string of the molecule is CCC(=O)c1ccc(COc2ccc3c(c2)CCC(Cc2cc(C(F)(F)F)cc(C(F)(F)F)c2)C3=O)cc1.O=C(CO)c1ccc(COc2ccc3c(c2)CCC(Cc2cc(C(F)(F)F)cc(C(F)(F)F)c2)C3=O)cc1. The normalized spacial score (nSPS) is 15.8. The van der Waals surface area contributed by atoms with E-state index in [4.69, 9.17) is 14.6 Å². The number of Topliss-reactive ketones (excluding diaryl/α,β-unsaturated/α-hetero) is 4. The minimum Gasteiger partial charge on any atom is -0.489 e. The van der Waals surface area contributed by atoms with E-state index >= 15 is 0 Å². The first-order valence-corrected chi connectivity index (χ1v) is 23.7. The number of carbonyl (C=O) groups excluding carboxylic acids is 4. The third-order valence-corrected chi connectivity index (χ3v) is 13.0. The molecule has 0 heterocycles. The van der Waals surface area contributed by atoms with Crippen molar-refractivity contribution in [3.05, 3.63) is 199 Å². The number of hydrogen-bond acceptors (Lipinski definition) is 7. The van der Waals surface area contributed by atoms with Gasteiger partial charge in [0.15, 0.2) is 23.1 Å². The molecule has 0 bridgehead atoms. The summed E-state index contributed by atoms with van der Waals surface area (Å²) in [6.45, 7) is 1.63. The zero-order chi connectivity index (χ0) is 55.3. The van der Waals surface area contributed by atoms with Crippen LogP contribution in [0.15, 0.2) is 121 Å². The Morgan fingerprint density at radius 2 is 0.816 bits per heavy atom. The number of aliphatic hydroxyl groups is 1. The van der Waals surface area contributed by atoms with Crippen LogP contribution in [0.3, 0.4) is 0 Å². The van der Waals surface area contributed by atoms with Gasteiger partial charge in [-0.25, -0.2) is 0 Å². The summed E-state index contributed by atoms with van der Waals surface area (Å²) in [7, 11) is 0. The number of aryl methyl sites for hydroxylation is 2. The summed E-state index contributed by atoms with van der Waals surface area (Å²) in [5.41, 5.74) is -1.18. The summed E-state index contributed by atoms with van der Waals surface area (Å²) in [5.74, 6) is -1.49. The highest BCUT2D eigenvalue weighted by Crippen LogP contribution is 2.40. The van der Waals surface area contributed by atoms with Crippen molar-refractivity contribution < 1.29 is 86.4 Å². The molecular weight excluding hydrogens is 1020 g/mol. The number of benzene rings is 6. The third kappa shape index (κ3) is 14.1. The number of fused-ring (bicyclic) bond motifs is 2. The molecule has 0 spiro atoms. The molecule has 2 aliphatic rings. The molecule has 7 nitrogen and oxygen atoms in total. The van der Waals surface area contributed by atoms with Crippen molar-refractivity contribution in [1.82, 2.24) is 0 Å². The van der Waals surface area contributed by atoms with E-state index in [9.17, 15) is 71.9 Å². The molecule has 0 saturated carbocycles. The first-order valence-electron chi connectivity index (χ1n) is 23.7. The molecule has 400 valence electrons. The zero-order valence-corrected chi connectivity index (χ0v) is 40.2. The van der Waals surface area contributed by atoms with E-state index < -0.39 is 71.2 Å². The van der Waals surface area contributed by atoms with E-state index in [1.807, 2.05) is 0 Å². The lowest BCUT2D eigenvalue weighted by Crippen LogP contribution is -2.25. The Bertz CT molecular complexity index is 2830. The predicted molar refractivity (Wildman–Crippen MR) is 253 cm³/mol. The Hall–Kier alpha value is -7.28. The molecule has 76 heavy (non-hydrogen) atoms. The monoisotopic (exact) mass is 1070 g/mol. The molecule has 0 aromatic heterocycles. The zero-order valence-electron chi connectivity index (χ0n) is 40.2. The Kier molecular flexibility index (Phi) is 17.0. The van der Waals surface area contributed by atoms with Gasteiger partial charge in [0.05, 0.1) is 22.3 Å². The van der Waals surface area contributed by atoms with Crippen LogP contribution in [0.5, 0.6) is 11.5 Å². The van der Waals surface area contributed by atoms with Crippen LogP contribution in [0, 0.1) is 11.8 Å². The molecule has 1 N–H and O–H groups in total. The lowest BCUT2D eigenvalue weighted by atomic mass is 9.79. The standard InChI is InChI=1S/C29H24F6O3.C28H22F6O4/c1-2-26(36)19-5-3-17(4-6-19)16-38-24-9-10-25-20(14-24)7-8-21(27(25)37)11-18-12-22(28(30,31)32)15-23(13-18)29(33,34)35;29-27(30,31)21-10-17(11-22(13-21)28(32,33)34)9-20-6-5-19-12-23(7-8-24(19)26(20)37)38-15-16-1-3-18(4-2-16)25(36)14-35/h3-6,9-10,12-15,21H,2,7-8,11,16H2,1H3;1-4,7-8,10-13,20,35H,5-6,9,14-15H2. The summed E-state index contributed by atoms with van der Waals surface area (Å²) < 4.78 is 170. The Morgan fingerprint density at radius 1 is 0.474 bits per heavy atom. The first kappa shape index (κ1) is 56.4. The maximum atomic E-state index is 13.2. The van der Waals surface area contributed by atoms with Crippen molar-refractivity contribution in [3.63, 3.8) is 0 Å². The van der Waals surface area contributed by atoms with E-state index in [-0.39, 0.29) is 73.1 Å². The van der Waals surface area contributed by atoms with E-state index in [0.29, 0.717) is 94.8 Å². The van der Waals surface area contributed by atoms with Gasteiger partial charge in [-0.15, -0.1) is 0 Å². The summed E-state index contributed by atoms with van der Waals surface area (Å²) in [6.07, 6.45) is -18.4. The summed E-state index contributed by atoms with van der Waals surface area (Å²) in [5, 5.41) is 8.92. The maximum absolute atomic E-state index is 13.2. The number of rotatable bonds is 14. The van der Waals surface area contributed by atoms with Gasteiger partial charge in [-0.3, -0.25) is 19.2 Å². The van der Waals surface area contributed by atoms with E-state index in [2.05, 4.69) is 0 Å². The number of carbonyl (C=O) groups is 4. The van der Waals surface area contributed by atoms with Gasteiger partial charge in [0.25, 0.3) is 0 Å². The van der Waals surface area contributed by atoms with Gasteiger partial charge in [-0.05, 0) is 145 Å². The van der Waals surface area contributed by atoms with Crippen LogP contribution in [0.4, 0.5) is 52.7 Å². The van der Waals surface area contributed by atoms with Gasteiger partial charge in [0.2, 0.25) is 0 Å². The smallest absolute Gasteiger partial charge is 0.416 e. The number of aliphatic hydroxyl groups excluding tert-OH is 1. The fourth-order valence-corrected chi connectivity index (χ4v) is 9.01. The molecule has 0 saturated heterocycles. The van der Waals surface area contributed by atoms with Crippen LogP contribution in [0.1, 0.15) is 123 Å². The summed E-state index contributed by atoms with van der Waals surface area (Å²) in [4.78, 5) is 49.4. The molecule has 2 atom stereocenters. The fraction of sp³-hybridized carbons (Fsp3) is 0.298. The minimum absolute atomic E-state index is 0.0453. The van der Waals surface area contributed by atoms with Gasteiger partial charge >= 0.3 is 24.7 Å². The number of halogens is 12. The van der Waals surface area contributed by atoms with Gasteiger partial charge in [-0.1, -0.05) is 55.5 Å². The largest absolute Gasteiger partial charge is 0.489 e. The molecule has 2 unspecified atom stereocenters. The molecule has 19 heteroatoms. The Morgan fingerprint density at radius 3 is 1.13 bits per heavy atom. The van der Waals surface area contributed by atoms with Crippen molar-refractivity contribution in [2.75, 3.05) is 6.61 Å². The quantitative estimate of drug-likeness (QED) is 0.0855. The van der Waals surface area contributed by atoms with Crippen molar-refractivity contribution in [1.29, 1.82) is 0 Å². The number of ketones is 4. The van der Waals surface area contributed by atoms with Crippen LogP contribution in [0.2, 0.25) is 0 Å². The molecule has 0 aliphatic heterocycles. The second-order valence-corrected chi connectivity index (χ2v) is 18.4. The average molecular weight is 1070 g/mol. The first-order chi connectivity index (χ1) is 35.7. The van der Waals surface area contributed by atoms with Crippen LogP contribution < -0.4 is 9.47 Å². The molecule has 2 aliphatic carbocycles. The highest BCUT2D eigenvalue weighted by molar-refractivity contribution is 6.01. The lowest BCUT2D eigenvalue weighted by molar-refractivity contribution is -0.144. The number of alkyl halides is 12. The number of ether oxygens (including phenoxy) is 2. The highest BCUT2D eigenvalue weighted by atomic mass is 19.4. The van der Waals surface area contributed by atoms with E-state index in [1.165, 1.54) is 0 Å². The van der Waals surface area contributed by atoms with Gasteiger partial charge in [-0.2, -0.15) is 52.7 Å². The van der Waals surface area contributed by atoms with Gasteiger partial charge in [0, 0.05) is 40.5 Å². The van der Waals surface area contributed by atoms with Gasteiger partial charge < -0.3 is 14.6 Å². The molecule has 6 aromatic carbocycles. The van der Waals surface area contributed by atoms with E-state index in [1.54, 1.807) is 91.9 Å². The second-order valence-electron chi connectivity index (χ2n) is 18.4. The van der Waals surface area contributed by atoms with Crippen molar-refractivity contribution in [3.8, 4) is 11.5 Å². The lowest BCUT2D eigenvalue weighted by Gasteiger charge is -2.24. The topological polar surface area (TPSA) is 107 Å². The van der Waals surface area contributed by atoms with Crippen molar-refractivity contribution in [2.45, 2.75) is 89.8 Å². The number of hydrogen-bond donors (Lipinski definition) is 1. The predicted octanol–water partition coefficient (Wildman–Crippen LogP) is 14.3. The third-order valence-electron chi connectivity index (χ3n) is 13.0. The molecule has 0 fully saturated rings. The molecule has 8 rings (SSSR count). The minimum atomic E-state index is -4.95. The molecule has 0 amide bonds. The summed E-state index contributed by atoms with van der Waals surface area (Å²) in [6, 6.07) is 26.2. The average Bonchev–Trinajstić information content (AvgIpc) is 3.39. The molecule has 6 aromatic rings. The van der Waals surface area contributed by atoms with Crippen LogP contribution in [-0.2, 0) is 63.6 Å².